The highest BCUT2D eigenvalue weighted by Crippen LogP contribution is 2.28. The highest BCUT2D eigenvalue weighted by atomic mass is 79.9. The summed E-state index contributed by atoms with van der Waals surface area (Å²) in [5.41, 5.74) is 4.64. The van der Waals surface area contributed by atoms with E-state index in [9.17, 15) is 4.79 Å². The molecule has 3 aromatic rings. The Hall–Kier alpha value is -2.91. The Morgan fingerprint density at radius 1 is 1.15 bits per heavy atom. The lowest BCUT2D eigenvalue weighted by Crippen LogP contribution is -2.15. The van der Waals surface area contributed by atoms with Crippen LogP contribution in [0.1, 0.15) is 40.2 Å². The van der Waals surface area contributed by atoms with Crippen LogP contribution in [0.25, 0.3) is 5.69 Å². The number of benzene rings is 2. The van der Waals surface area contributed by atoms with E-state index in [0.717, 1.165) is 47.1 Å². The van der Waals surface area contributed by atoms with E-state index >= 15 is 0 Å². The molecule has 1 amide bonds. The molecule has 1 aromatic heterocycles. The number of nitriles is 1. The van der Waals surface area contributed by atoms with Gasteiger partial charge in [-0.1, -0.05) is 28.1 Å². The van der Waals surface area contributed by atoms with Crippen LogP contribution >= 0.6 is 15.9 Å². The number of nitrogens with one attached hydrogen (secondary N) is 1. The van der Waals surface area contributed by atoms with E-state index in [1.54, 1.807) is 24.3 Å². The predicted molar refractivity (Wildman–Crippen MR) is 107 cm³/mol. The van der Waals surface area contributed by atoms with Crippen LogP contribution in [-0.2, 0) is 12.8 Å². The number of rotatable bonds is 3. The number of fused-ring (bicyclic) bond motifs is 1. The molecule has 1 N–H and O–H groups in total. The number of hydrogen-bond donors (Lipinski definition) is 1. The third kappa shape index (κ3) is 3.51. The standard InChI is InChI=1S/C21H17BrN4O/c22-15-6-4-8-17(12-15)26-19-10-2-1-9-18(19)20(25-26)21(27)24-16-7-3-5-14(11-16)13-23/h3-8,11-12H,1-2,9-10H2,(H,24,27). The van der Waals surface area contributed by atoms with Gasteiger partial charge in [-0.05, 0) is 62.1 Å². The van der Waals surface area contributed by atoms with Gasteiger partial charge in [-0.25, -0.2) is 4.68 Å². The summed E-state index contributed by atoms with van der Waals surface area (Å²) in [7, 11) is 0. The van der Waals surface area contributed by atoms with Crippen molar-refractivity contribution in [3.8, 4) is 11.8 Å². The lowest BCUT2D eigenvalue weighted by molar-refractivity contribution is 0.102. The van der Waals surface area contributed by atoms with Crippen molar-refractivity contribution in [2.45, 2.75) is 25.7 Å². The fourth-order valence-electron chi connectivity index (χ4n) is 3.46. The molecular formula is C21H17BrN4O. The highest BCUT2D eigenvalue weighted by Gasteiger charge is 2.25. The van der Waals surface area contributed by atoms with Gasteiger partial charge in [0.15, 0.2) is 5.69 Å². The second kappa shape index (κ2) is 7.37. The van der Waals surface area contributed by atoms with Gasteiger partial charge >= 0.3 is 0 Å². The topological polar surface area (TPSA) is 70.7 Å². The zero-order valence-electron chi connectivity index (χ0n) is 14.6. The van der Waals surface area contributed by atoms with Gasteiger partial charge in [0.1, 0.15) is 0 Å². The molecule has 0 fully saturated rings. The summed E-state index contributed by atoms with van der Waals surface area (Å²) >= 11 is 3.50. The maximum absolute atomic E-state index is 12.9. The minimum Gasteiger partial charge on any atom is -0.321 e. The van der Waals surface area contributed by atoms with Crippen molar-refractivity contribution >= 4 is 27.5 Å². The van der Waals surface area contributed by atoms with Gasteiger partial charge < -0.3 is 5.32 Å². The molecule has 134 valence electrons. The second-order valence-electron chi connectivity index (χ2n) is 6.52. The molecule has 0 spiro atoms. The van der Waals surface area contributed by atoms with Crippen molar-refractivity contribution in [2.24, 2.45) is 0 Å². The van der Waals surface area contributed by atoms with Crippen LogP contribution in [-0.4, -0.2) is 15.7 Å². The molecular weight excluding hydrogens is 404 g/mol. The maximum atomic E-state index is 12.9. The molecule has 0 saturated carbocycles. The van der Waals surface area contributed by atoms with E-state index in [1.165, 1.54) is 0 Å². The largest absolute Gasteiger partial charge is 0.321 e. The first-order valence-corrected chi connectivity index (χ1v) is 9.63. The summed E-state index contributed by atoms with van der Waals surface area (Å²) in [6.45, 7) is 0. The molecule has 4 rings (SSSR count). The first-order valence-electron chi connectivity index (χ1n) is 8.84. The summed E-state index contributed by atoms with van der Waals surface area (Å²) in [5, 5.41) is 16.6. The number of amides is 1. The van der Waals surface area contributed by atoms with Gasteiger partial charge in [-0.3, -0.25) is 4.79 Å². The lowest BCUT2D eigenvalue weighted by Gasteiger charge is -2.14. The summed E-state index contributed by atoms with van der Waals surface area (Å²) in [6, 6.07) is 16.9. The summed E-state index contributed by atoms with van der Waals surface area (Å²) < 4.78 is 2.86. The number of carbonyl (C=O) groups excluding carboxylic acids is 1. The van der Waals surface area contributed by atoms with Gasteiger partial charge in [0.25, 0.3) is 5.91 Å². The highest BCUT2D eigenvalue weighted by molar-refractivity contribution is 9.10. The molecule has 1 aliphatic rings. The van der Waals surface area contributed by atoms with Crippen LogP contribution in [0.5, 0.6) is 0 Å². The Bertz CT molecular complexity index is 1060. The second-order valence-corrected chi connectivity index (χ2v) is 7.44. The van der Waals surface area contributed by atoms with Crippen LogP contribution in [0.3, 0.4) is 0 Å². The summed E-state index contributed by atoms with van der Waals surface area (Å²) in [6.07, 6.45) is 3.91. The van der Waals surface area contributed by atoms with E-state index in [0.29, 0.717) is 16.9 Å². The van der Waals surface area contributed by atoms with Gasteiger partial charge in [0.05, 0.1) is 17.3 Å². The molecule has 2 aromatic carbocycles. The smallest absolute Gasteiger partial charge is 0.276 e. The average molecular weight is 421 g/mol. The molecule has 0 bridgehead atoms. The predicted octanol–water partition coefficient (Wildman–Crippen LogP) is 4.64. The first kappa shape index (κ1) is 17.5. The Morgan fingerprint density at radius 3 is 2.78 bits per heavy atom. The first-order chi connectivity index (χ1) is 13.2. The Balaban J connectivity index is 1.72. The number of anilines is 1. The molecule has 1 aliphatic carbocycles. The van der Waals surface area contributed by atoms with Gasteiger partial charge in [0, 0.05) is 21.4 Å². The van der Waals surface area contributed by atoms with E-state index in [4.69, 9.17) is 5.26 Å². The van der Waals surface area contributed by atoms with Gasteiger partial charge in [-0.2, -0.15) is 10.4 Å². The number of hydrogen-bond acceptors (Lipinski definition) is 3. The molecule has 0 unspecified atom stereocenters. The van der Waals surface area contributed by atoms with Crippen LogP contribution in [0.2, 0.25) is 0 Å². The zero-order valence-corrected chi connectivity index (χ0v) is 16.2. The number of aromatic nitrogens is 2. The third-order valence-corrected chi connectivity index (χ3v) is 5.19. The lowest BCUT2D eigenvalue weighted by atomic mass is 9.95. The third-order valence-electron chi connectivity index (χ3n) is 4.70. The van der Waals surface area contributed by atoms with Crippen molar-refractivity contribution in [3.63, 3.8) is 0 Å². The van der Waals surface area contributed by atoms with Gasteiger partial charge in [0.2, 0.25) is 0 Å². The normalized spacial score (nSPS) is 12.9. The van der Waals surface area contributed by atoms with E-state index in [1.807, 2.05) is 28.9 Å². The minimum absolute atomic E-state index is 0.239. The SMILES string of the molecule is N#Cc1cccc(NC(=O)c2nn(-c3cccc(Br)c3)c3c2CCCC3)c1. The molecule has 5 nitrogen and oxygen atoms in total. The molecule has 0 atom stereocenters. The van der Waals surface area contributed by atoms with Crippen LogP contribution in [0.15, 0.2) is 53.0 Å². The van der Waals surface area contributed by atoms with Crippen LogP contribution in [0.4, 0.5) is 5.69 Å². The monoisotopic (exact) mass is 420 g/mol. The van der Waals surface area contributed by atoms with Crippen LogP contribution < -0.4 is 5.32 Å². The molecule has 6 heteroatoms. The van der Waals surface area contributed by atoms with Crippen molar-refractivity contribution in [2.75, 3.05) is 5.32 Å². The fourth-order valence-corrected chi connectivity index (χ4v) is 3.85. The van der Waals surface area contributed by atoms with Crippen molar-refractivity contribution in [1.82, 2.24) is 9.78 Å². The van der Waals surface area contributed by atoms with E-state index in [-0.39, 0.29) is 5.91 Å². The van der Waals surface area contributed by atoms with E-state index in [2.05, 4.69) is 32.4 Å². The molecule has 27 heavy (non-hydrogen) atoms. The Kier molecular flexibility index (Phi) is 4.78. The van der Waals surface area contributed by atoms with Crippen LogP contribution in [0, 0.1) is 11.3 Å². The minimum atomic E-state index is -0.239. The fraction of sp³-hybridized carbons (Fsp3) is 0.190. The van der Waals surface area contributed by atoms with Crippen molar-refractivity contribution in [1.29, 1.82) is 5.26 Å². The van der Waals surface area contributed by atoms with Crippen molar-refractivity contribution in [3.05, 3.63) is 75.5 Å². The van der Waals surface area contributed by atoms with Crippen molar-refractivity contribution < 1.29 is 4.79 Å². The zero-order chi connectivity index (χ0) is 18.8. The molecule has 0 aliphatic heterocycles. The average Bonchev–Trinajstić information content (AvgIpc) is 3.08. The molecule has 0 radical (unpaired) electrons. The van der Waals surface area contributed by atoms with Gasteiger partial charge in [-0.15, -0.1) is 0 Å². The maximum Gasteiger partial charge on any atom is 0.276 e. The summed E-state index contributed by atoms with van der Waals surface area (Å²) in [4.78, 5) is 12.9. The molecule has 0 saturated heterocycles. The Morgan fingerprint density at radius 2 is 1.96 bits per heavy atom. The number of nitrogens with zero attached hydrogens (tertiary/aromatic N) is 3. The Labute approximate surface area is 165 Å². The quantitative estimate of drug-likeness (QED) is 0.670. The number of carbonyl (C=O) groups is 1. The number of halogens is 1. The molecule has 1 heterocycles. The van der Waals surface area contributed by atoms with E-state index < -0.39 is 0 Å². The summed E-state index contributed by atoms with van der Waals surface area (Å²) in [5.74, 6) is -0.239.